The Kier molecular flexibility index (Phi) is 7.59. The SMILES string of the molecule is CN(Cc1ccc(OCCN2CCOCC2)cc1)CC(O)Cn1ccc2ccccc21. The predicted octanol–water partition coefficient (Wildman–Crippen LogP) is 2.85. The fourth-order valence-corrected chi connectivity index (χ4v) is 4.13. The Hall–Kier alpha value is -2.38. The van der Waals surface area contributed by atoms with E-state index in [4.69, 9.17) is 9.47 Å². The summed E-state index contributed by atoms with van der Waals surface area (Å²) in [6.45, 7) is 7.23. The Morgan fingerprint density at radius 1 is 1.06 bits per heavy atom. The van der Waals surface area contributed by atoms with Crippen LogP contribution in [0, 0.1) is 0 Å². The number of aliphatic hydroxyl groups excluding tert-OH is 1. The van der Waals surface area contributed by atoms with Gasteiger partial charge in [-0.15, -0.1) is 0 Å². The lowest BCUT2D eigenvalue weighted by Crippen LogP contribution is -2.38. The molecule has 1 atom stereocenters. The van der Waals surface area contributed by atoms with Crippen LogP contribution in [0.15, 0.2) is 60.8 Å². The van der Waals surface area contributed by atoms with Crippen molar-refractivity contribution >= 4 is 10.9 Å². The molecule has 1 N–H and O–H groups in total. The first-order chi connectivity index (χ1) is 15.2. The lowest BCUT2D eigenvalue weighted by molar-refractivity contribution is 0.0322. The number of likely N-dealkylation sites (N-methyl/N-ethyl adjacent to an activating group) is 1. The summed E-state index contributed by atoms with van der Waals surface area (Å²) in [4.78, 5) is 4.53. The van der Waals surface area contributed by atoms with Crippen LogP contribution in [0.4, 0.5) is 0 Å². The molecule has 1 aromatic heterocycles. The summed E-state index contributed by atoms with van der Waals surface area (Å²) < 4.78 is 13.4. The average Bonchev–Trinajstić information content (AvgIpc) is 3.18. The van der Waals surface area contributed by atoms with E-state index < -0.39 is 6.10 Å². The Bertz CT molecular complexity index is 935. The topological polar surface area (TPSA) is 50.1 Å². The molecule has 1 aliphatic heterocycles. The molecule has 0 bridgehead atoms. The minimum atomic E-state index is -0.427. The van der Waals surface area contributed by atoms with Crippen LogP contribution in [0.2, 0.25) is 0 Å². The molecule has 1 saturated heterocycles. The largest absolute Gasteiger partial charge is 0.492 e. The van der Waals surface area contributed by atoms with Gasteiger partial charge in [-0.05, 0) is 42.3 Å². The number of nitrogens with zero attached hydrogens (tertiary/aromatic N) is 3. The third-order valence-corrected chi connectivity index (χ3v) is 5.77. The fraction of sp³-hybridized carbons (Fsp3) is 0.440. The zero-order chi connectivity index (χ0) is 21.5. The standard InChI is InChI=1S/C25H33N3O3/c1-26(19-23(29)20-28-11-10-22-4-2-3-5-25(22)28)18-21-6-8-24(9-7-21)31-17-14-27-12-15-30-16-13-27/h2-11,23,29H,12-20H2,1H3. The Morgan fingerprint density at radius 3 is 2.65 bits per heavy atom. The molecule has 1 aliphatic rings. The number of aliphatic hydroxyl groups is 1. The summed E-state index contributed by atoms with van der Waals surface area (Å²) in [6, 6.07) is 18.6. The van der Waals surface area contributed by atoms with Crippen molar-refractivity contribution in [3.8, 4) is 5.75 Å². The zero-order valence-electron chi connectivity index (χ0n) is 18.3. The quantitative estimate of drug-likeness (QED) is 0.544. The molecule has 6 heteroatoms. The highest BCUT2D eigenvalue weighted by atomic mass is 16.5. The van der Waals surface area contributed by atoms with Gasteiger partial charge in [0.2, 0.25) is 0 Å². The van der Waals surface area contributed by atoms with E-state index in [0.29, 0.717) is 19.7 Å². The van der Waals surface area contributed by atoms with E-state index in [1.165, 1.54) is 10.9 Å². The van der Waals surface area contributed by atoms with Gasteiger partial charge in [-0.2, -0.15) is 0 Å². The van der Waals surface area contributed by atoms with Crippen molar-refractivity contribution in [1.82, 2.24) is 14.4 Å². The second kappa shape index (κ2) is 10.8. The summed E-state index contributed by atoms with van der Waals surface area (Å²) >= 11 is 0. The van der Waals surface area contributed by atoms with E-state index in [9.17, 15) is 5.11 Å². The number of para-hydroxylation sites is 1. The van der Waals surface area contributed by atoms with Crippen LogP contribution in [0.25, 0.3) is 10.9 Å². The second-order valence-electron chi connectivity index (χ2n) is 8.32. The molecule has 31 heavy (non-hydrogen) atoms. The summed E-state index contributed by atoms with van der Waals surface area (Å²) in [5, 5.41) is 11.8. The van der Waals surface area contributed by atoms with E-state index in [1.54, 1.807) is 0 Å². The number of ether oxygens (including phenoxy) is 2. The minimum Gasteiger partial charge on any atom is -0.492 e. The molecule has 2 heterocycles. The first kappa shape index (κ1) is 21.8. The van der Waals surface area contributed by atoms with Gasteiger partial charge < -0.3 is 19.1 Å². The minimum absolute atomic E-state index is 0.427. The number of benzene rings is 2. The van der Waals surface area contributed by atoms with Gasteiger partial charge >= 0.3 is 0 Å². The summed E-state index contributed by atoms with van der Waals surface area (Å²) in [5.74, 6) is 0.902. The zero-order valence-corrected chi connectivity index (χ0v) is 18.3. The van der Waals surface area contributed by atoms with Crippen LogP contribution >= 0.6 is 0 Å². The molecule has 0 spiro atoms. The van der Waals surface area contributed by atoms with Gasteiger partial charge in [-0.25, -0.2) is 0 Å². The Balaban J connectivity index is 1.20. The van der Waals surface area contributed by atoms with Crippen molar-refractivity contribution in [3.63, 3.8) is 0 Å². The summed E-state index contributed by atoms with van der Waals surface area (Å²) in [7, 11) is 2.05. The molecule has 0 aliphatic carbocycles. The number of morpholine rings is 1. The van der Waals surface area contributed by atoms with Crippen molar-refractivity contribution in [2.75, 3.05) is 53.0 Å². The second-order valence-corrected chi connectivity index (χ2v) is 8.32. The molecular formula is C25H33N3O3. The van der Waals surface area contributed by atoms with Gasteiger partial charge in [0.1, 0.15) is 12.4 Å². The lowest BCUT2D eigenvalue weighted by atomic mass is 10.2. The van der Waals surface area contributed by atoms with Crippen molar-refractivity contribution in [1.29, 1.82) is 0 Å². The van der Waals surface area contributed by atoms with E-state index in [-0.39, 0.29) is 0 Å². The Morgan fingerprint density at radius 2 is 1.84 bits per heavy atom. The molecule has 6 nitrogen and oxygen atoms in total. The van der Waals surface area contributed by atoms with Gasteiger partial charge in [0.05, 0.1) is 19.3 Å². The highest BCUT2D eigenvalue weighted by Gasteiger charge is 2.12. The maximum atomic E-state index is 10.6. The molecule has 4 rings (SSSR count). The van der Waals surface area contributed by atoms with Crippen LogP contribution in [0.1, 0.15) is 5.56 Å². The molecule has 1 unspecified atom stereocenters. The molecule has 2 aromatic carbocycles. The van der Waals surface area contributed by atoms with Crippen LogP contribution < -0.4 is 4.74 Å². The van der Waals surface area contributed by atoms with Crippen molar-refractivity contribution in [2.24, 2.45) is 0 Å². The van der Waals surface area contributed by atoms with Gasteiger partial charge in [-0.3, -0.25) is 9.80 Å². The van der Waals surface area contributed by atoms with Crippen LogP contribution in [0.3, 0.4) is 0 Å². The van der Waals surface area contributed by atoms with Crippen molar-refractivity contribution < 1.29 is 14.6 Å². The first-order valence-corrected chi connectivity index (χ1v) is 11.1. The number of hydrogen-bond donors (Lipinski definition) is 1. The number of rotatable bonds is 10. The number of fused-ring (bicyclic) bond motifs is 1. The smallest absolute Gasteiger partial charge is 0.119 e. The third-order valence-electron chi connectivity index (χ3n) is 5.77. The lowest BCUT2D eigenvalue weighted by Gasteiger charge is -2.26. The van der Waals surface area contributed by atoms with E-state index in [1.807, 2.05) is 37.5 Å². The molecule has 0 saturated carbocycles. The van der Waals surface area contributed by atoms with Crippen LogP contribution in [-0.2, 0) is 17.8 Å². The Labute approximate surface area is 184 Å². The summed E-state index contributed by atoms with van der Waals surface area (Å²) in [6.07, 6.45) is 1.62. The summed E-state index contributed by atoms with van der Waals surface area (Å²) in [5.41, 5.74) is 2.37. The molecule has 0 amide bonds. The highest BCUT2D eigenvalue weighted by Crippen LogP contribution is 2.16. The van der Waals surface area contributed by atoms with Crippen molar-refractivity contribution in [2.45, 2.75) is 19.2 Å². The predicted molar refractivity (Wildman–Crippen MR) is 123 cm³/mol. The normalized spacial score (nSPS) is 16.1. The molecular weight excluding hydrogens is 390 g/mol. The van der Waals surface area contributed by atoms with Crippen LogP contribution in [-0.4, -0.2) is 78.6 Å². The molecule has 0 radical (unpaired) electrons. The average molecular weight is 424 g/mol. The molecule has 1 fully saturated rings. The van der Waals surface area contributed by atoms with E-state index in [2.05, 4.69) is 44.7 Å². The molecule has 166 valence electrons. The van der Waals surface area contributed by atoms with E-state index >= 15 is 0 Å². The van der Waals surface area contributed by atoms with Gasteiger partial charge in [0.25, 0.3) is 0 Å². The first-order valence-electron chi connectivity index (χ1n) is 11.1. The number of aromatic nitrogens is 1. The van der Waals surface area contributed by atoms with Gasteiger partial charge in [0.15, 0.2) is 0 Å². The number of hydrogen-bond acceptors (Lipinski definition) is 5. The van der Waals surface area contributed by atoms with Crippen molar-refractivity contribution in [3.05, 3.63) is 66.4 Å². The molecule has 3 aromatic rings. The third kappa shape index (κ3) is 6.31. The van der Waals surface area contributed by atoms with Crippen LogP contribution in [0.5, 0.6) is 5.75 Å². The maximum absolute atomic E-state index is 10.6. The maximum Gasteiger partial charge on any atom is 0.119 e. The monoisotopic (exact) mass is 423 g/mol. The van der Waals surface area contributed by atoms with Gasteiger partial charge in [-0.1, -0.05) is 30.3 Å². The van der Waals surface area contributed by atoms with Gasteiger partial charge in [0, 0.05) is 51.0 Å². The highest BCUT2D eigenvalue weighted by molar-refractivity contribution is 5.79. The van der Waals surface area contributed by atoms with E-state index in [0.717, 1.165) is 50.7 Å². The fourth-order valence-electron chi connectivity index (χ4n) is 4.13.